The number of aryl methyl sites for hydroxylation is 1. The predicted octanol–water partition coefficient (Wildman–Crippen LogP) is 1.22. The zero-order chi connectivity index (χ0) is 17.9. The number of amides is 1. The lowest BCUT2D eigenvalue weighted by Crippen LogP contribution is -2.58. The minimum absolute atomic E-state index is 0.0785. The van der Waals surface area contributed by atoms with Crippen LogP contribution in [0.1, 0.15) is 29.8 Å². The number of methoxy groups -OCH3 is 1. The Morgan fingerprint density at radius 3 is 2.71 bits per heavy atom. The molecule has 3 atom stereocenters. The summed E-state index contributed by atoms with van der Waals surface area (Å²) in [6, 6.07) is 4.83. The molecule has 0 radical (unpaired) electrons. The predicted molar refractivity (Wildman–Crippen MR) is 90.2 cm³/mol. The Kier molecular flexibility index (Phi) is 6.21. The first-order valence-corrected chi connectivity index (χ1v) is 8.24. The van der Waals surface area contributed by atoms with Crippen LogP contribution in [-0.2, 0) is 4.74 Å². The number of rotatable bonds is 5. The van der Waals surface area contributed by atoms with E-state index >= 15 is 0 Å². The Morgan fingerprint density at radius 2 is 2.08 bits per heavy atom. The zero-order valence-corrected chi connectivity index (χ0v) is 14.7. The summed E-state index contributed by atoms with van der Waals surface area (Å²) in [5, 5.41) is 20.2. The number of ether oxygens (including phenoxy) is 2. The summed E-state index contributed by atoms with van der Waals surface area (Å²) in [6.07, 6.45) is -2.03. The molecule has 24 heavy (non-hydrogen) atoms. The number of carbonyl (C=O) groups excluding carboxylic acids is 1. The van der Waals surface area contributed by atoms with E-state index in [4.69, 9.17) is 9.47 Å². The molecule has 0 spiro atoms. The third-order valence-corrected chi connectivity index (χ3v) is 4.17. The van der Waals surface area contributed by atoms with E-state index in [2.05, 4.69) is 0 Å². The molecule has 1 fully saturated rings. The van der Waals surface area contributed by atoms with Crippen LogP contribution in [0.2, 0.25) is 0 Å². The highest BCUT2D eigenvalue weighted by Crippen LogP contribution is 2.25. The first-order chi connectivity index (χ1) is 11.3. The zero-order valence-electron chi connectivity index (χ0n) is 14.7. The second-order valence-electron chi connectivity index (χ2n) is 6.72. The van der Waals surface area contributed by atoms with Crippen LogP contribution < -0.4 is 4.74 Å². The molecule has 1 heterocycles. The normalized spacial score (nSPS) is 24.0. The fraction of sp³-hybridized carbons (Fsp3) is 0.611. The van der Waals surface area contributed by atoms with Crippen LogP contribution in [0.25, 0.3) is 0 Å². The highest BCUT2D eigenvalue weighted by atomic mass is 16.5. The molecular weight excluding hydrogens is 310 g/mol. The first-order valence-electron chi connectivity index (χ1n) is 8.24. The monoisotopic (exact) mass is 337 g/mol. The molecular formula is C18H27NO5. The second kappa shape index (κ2) is 7.96. The van der Waals surface area contributed by atoms with Crippen molar-refractivity contribution in [1.82, 2.24) is 4.90 Å². The molecule has 2 rings (SSSR count). The maximum absolute atomic E-state index is 13.2. The Hall–Kier alpha value is -1.63. The number of nitrogens with zero attached hydrogens (tertiary/aromatic N) is 1. The van der Waals surface area contributed by atoms with E-state index in [0.717, 1.165) is 5.56 Å². The smallest absolute Gasteiger partial charge is 0.258 e. The van der Waals surface area contributed by atoms with Gasteiger partial charge in [-0.3, -0.25) is 4.79 Å². The second-order valence-corrected chi connectivity index (χ2v) is 6.72. The van der Waals surface area contributed by atoms with Gasteiger partial charge in [0, 0.05) is 6.54 Å². The maximum atomic E-state index is 13.2. The van der Waals surface area contributed by atoms with E-state index < -0.39 is 18.2 Å². The van der Waals surface area contributed by atoms with Gasteiger partial charge >= 0.3 is 0 Å². The molecule has 2 N–H and O–H groups in total. The van der Waals surface area contributed by atoms with Crippen LogP contribution in [0.3, 0.4) is 0 Å². The van der Waals surface area contributed by atoms with Gasteiger partial charge in [-0.15, -0.1) is 0 Å². The van der Waals surface area contributed by atoms with Crippen LogP contribution in [0.5, 0.6) is 5.75 Å². The standard InChI is InChI=1S/C18H27NO5/c1-11(2)8-19(14-9-24-10-15(20)17(14)21)18(22)13-7-12(3)5-6-16(13)23-4/h5-7,11,14-15,17,20-21H,8-10H2,1-4H3/t14-,15-,17+/m1/s1. The van der Waals surface area contributed by atoms with E-state index in [1.54, 1.807) is 17.0 Å². The quantitative estimate of drug-likeness (QED) is 0.845. The van der Waals surface area contributed by atoms with Gasteiger partial charge in [0.2, 0.25) is 0 Å². The SMILES string of the molecule is COc1ccc(C)cc1C(=O)N(CC(C)C)[C@@H]1COC[C@@H](O)[C@H]1O. The molecule has 0 unspecified atom stereocenters. The topological polar surface area (TPSA) is 79.2 Å². The van der Waals surface area contributed by atoms with Crippen LogP contribution in [0.4, 0.5) is 0 Å². The fourth-order valence-corrected chi connectivity index (χ4v) is 2.94. The van der Waals surface area contributed by atoms with Gasteiger partial charge in [-0.05, 0) is 25.0 Å². The molecule has 1 aromatic carbocycles. The molecule has 1 aliphatic rings. The third kappa shape index (κ3) is 4.06. The minimum atomic E-state index is -1.03. The Labute approximate surface area is 143 Å². The van der Waals surface area contributed by atoms with Crippen molar-refractivity contribution in [2.75, 3.05) is 26.9 Å². The van der Waals surface area contributed by atoms with Gasteiger partial charge in [0.1, 0.15) is 18.0 Å². The summed E-state index contributed by atoms with van der Waals surface area (Å²) in [7, 11) is 1.52. The largest absolute Gasteiger partial charge is 0.496 e. The molecule has 0 saturated carbocycles. The summed E-state index contributed by atoms with van der Waals surface area (Å²) in [6.45, 7) is 6.64. The highest BCUT2D eigenvalue weighted by Gasteiger charge is 2.38. The van der Waals surface area contributed by atoms with E-state index in [9.17, 15) is 15.0 Å². The van der Waals surface area contributed by atoms with Gasteiger partial charge < -0.3 is 24.6 Å². The third-order valence-electron chi connectivity index (χ3n) is 4.17. The van der Waals surface area contributed by atoms with Crippen LogP contribution in [0.15, 0.2) is 18.2 Å². The first kappa shape index (κ1) is 18.7. The van der Waals surface area contributed by atoms with Gasteiger partial charge in [0.25, 0.3) is 5.91 Å². The molecule has 6 heteroatoms. The Bertz CT molecular complexity index is 575. The summed E-state index contributed by atoms with van der Waals surface area (Å²) in [5.74, 6) is 0.466. The lowest BCUT2D eigenvalue weighted by Gasteiger charge is -2.40. The van der Waals surface area contributed by atoms with E-state index in [0.29, 0.717) is 17.9 Å². The molecule has 1 amide bonds. The average Bonchev–Trinajstić information content (AvgIpc) is 2.54. The van der Waals surface area contributed by atoms with Crippen molar-refractivity contribution in [2.45, 2.75) is 39.0 Å². The molecule has 1 saturated heterocycles. The number of aliphatic hydroxyl groups excluding tert-OH is 2. The van der Waals surface area contributed by atoms with Crippen LogP contribution in [-0.4, -0.2) is 66.1 Å². The van der Waals surface area contributed by atoms with Gasteiger partial charge in [0.15, 0.2) is 0 Å². The van der Waals surface area contributed by atoms with Crippen molar-refractivity contribution in [2.24, 2.45) is 5.92 Å². The summed E-state index contributed by atoms with van der Waals surface area (Å²) < 4.78 is 10.7. The minimum Gasteiger partial charge on any atom is -0.496 e. The number of carbonyl (C=O) groups is 1. The number of aliphatic hydroxyl groups is 2. The highest BCUT2D eigenvalue weighted by molar-refractivity contribution is 5.97. The van der Waals surface area contributed by atoms with Crippen molar-refractivity contribution < 1.29 is 24.5 Å². The van der Waals surface area contributed by atoms with Gasteiger partial charge in [-0.1, -0.05) is 25.5 Å². The summed E-state index contributed by atoms with van der Waals surface area (Å²) in [4.78, 5) is 14.8. The molecule has 6 nitrogen and oxygen atoms in total. The van der Waals surface area contributed by atoms with Gasteiger partial charge in [-0.2, -0.15) is 0 Å². The average molecular weight is 337 g/mol. The van der Waals surface area contributed by atoms with Crippen LogP contribution >= 0.6 is 0 Å². The van der Waals surface area contributed by atoms with E-state index in [1.807, 2.05) is 26.8 Å². The Balaban J connectivity index is 2.37. The van der Waals surface area contributed by atoms with Crippen molar-refractivity contribution in [3.05, 3.63) is 29.3 Å². The lowest BCUT2D eigenvalue weighted by molar-refractivity contribution is -0.126. The maximum Gasteiger partial charge on any atom is 0.258 e. The van der Waals surface area contributed by atoms with Gasteiger partial charge in [-0.25, -0.2) is 0 Å². The van der Waals surface area contributed by atoms with E-state index in [1.165, 1.54) is 7.11 Å². The van der Waals surface area contributed by atoms with Crippen molar-refractivity contribution >= 4 is 5.91 Å². The lowest BCUT2D eigenvalue weighted by atomic mass is 9.99. The number of hydrogen-bond donors (Lipinski definition) is 2. The molecule has 1 aliphatic heterocycles. The van der Waals surface area contributed by atoms with Gasteiger partial charge in [0.05, 0.1) is 31.9 Å². The van der Waals surface area contributed by atoms with Crippen molar-refractivity contribution in [3.8, 4) is 5.75 Å². The molecule has 1 aromatic rings. The Morgan fingerprint density at radius 1 is 1.38 bits per heavy atom. The molecule has 134 valence electrons. The molecule has 0 bridgehead atoms. The van der Waals surface area contributed by atoms with Crippen LogP contribution in [0, 0.1) is 12.8 Å². The molecule has 0 aromatic heterocycles. The summed E-state index contributed by atoms with van der Waals surface area (Å²) >= 11 is 0. The van der Waals surface area contributed by atoms with Crippen molar-refractivity contribution in [1.29, 1.82) is 0 Å². The number of hydrogen-bond acceptors (Lipinski definition) is 5. The van der Waals surface area contributed by atoms with E-state index in [-0.39, 0.29) is 25.0 Å². The molecule has 0 aliphatic carbocycles. The number of benzene rings is 1. The van der Waals surface area contributed by atoms with Crippen molar-refractivity contribution in [3.63, 3.8) is 0 Å². The fourth-order valence-electron chi connectivity index (χ4n) is 2.94. The summed E-state index contributed by atoms with van der Waals surface area (Å²) in [5.41, 5.74) is 1.40.